The van der Waals surface area contributed by atoms with Crippen LogP contribution in [-0.4, -0.2) is 38.3 Å². The zero-order valence-electron chi connectivity index (χ0n) is 15.9. The maximum atomic E-state index is 12.4. The van der Waals surface area contributed by atoms with Crippen molar-refractivity contribution >= 4 is 23.7 Å². The number of ether oxygens (including phenoxy) is 2. The number of amides is 2. The van der Waals surface area contributed by atoms with Crippen molar-refractivity contribution in [1.82, 2.24) is 5.43 Å². The number of nitrogens with one attached hydrogen (secondary N) is 1. The van der Waals surface area contributed by atoms with Crippen LogP contribution in [-0.2, 0) is 9.59 Å². The molecule has 1 N–H and O–H groups in total. The van der Waals surface area contributed by atoms with Gasteiger partial charge in [-0.1, -0.05) is 0 Å². The first-order valence-corrected chi connectivity index (χ1v) is 9.11. The van der Waals surface area contributed by atoms with Gasteiger partial charge in [0.1, 0.15) is 11.5 Å². The zero-order valence-corrected chi connectivity index (χ0v) is 15.9. The van der Waals surface area contributed by atoms with Crippen LogP contribution >= 0.6 is 0 Å². The van der Waals surface area contributed by atoms with E-state index in [1.165, 1.54) is 0 Å². The number of hydrazone groups is 1. The number of nitrogens with zero attached hydrogens (tertiary/aromatic N) is 2. The highest BCUT2D eigenvalue weighted by Crippen LogP contribution is 2.27. The van der Waals surface area contributed by atoms with Gasteiger partial charge in [-0.2, -0.15) is 5.10 Å². The van der Waals surface area contributed by atoms with Crippen LogP contribution in [0.3, 0.4) is 0 Å². The van der Waals surface area contributed by atoms with Crippen molar-refractivity contribution in [1.29, 1.82) is 0 Å². The molecule has 1 atom stereocenters. The fraction of sp³-hybridized carbons (Fsp3) is 0.286. The molecule has 1 heterocycles. The molecule has 0 aromatic heterocycles. The molecule has 7 heteroatoms. The molecular weight excluding hydrogens is 358 g/mol. The van der Waals surface area contributed by atoms with Crippen LogP contribution in [0.15, 0.2) is 53.6 Å². The molecule has 0 aliphatic carbocycles. The third-order valence-electron chi connectivity index (χ3n) is 4.46. The van der Waals surface area contributed by atoms with Crippen LogP contribution in [0.25, 0.3) is 0 Å². The average molecular weight is 381 g/mol. The monoisotopic (exact) mass is 381 g/mol. The molecule has 0 spiro atoms. The van der Waals surface area contributed by atoms with Gasteiger partial charge in [0.2, 0.25) is 11.8 Å². The molecule has 2 aromatic carbocycles. The molecule has 1 aliphatic rings. The second-order valence-electron chi connectivity index (χ2n) is 6.34. The van der Waals surface area contributed by atoms with E-state index >= 15 is 0 Å². The topological polar surface area (TPSA) is 80.2 Å². The second-order valence-corrected chi connectivity index (χ2v) is 6.34. The molecule has 7 nitrogen and oxygen atoms in total. The summed E-state index contributed by atoms with van der Waals surface area (Å²) in [6.45, 7) is 2.83. The Hall–Kier alpha value is -3.35. The van der Waals surface area contributed by atoms with Crippen LogP contribution in [0.4, 0.5) is 5.69 Å². The van der Waals surface area contributed by atoms with E-state index in [0.717, 1.165) is 22.7 Å². The normalized spacial score (nSPS) is 16.4. The van der Waals surface area contributed by atoms with Crippen molar-refractivity contribution < 1.29 is 19.1 Å². The molecule has 1 unspecified atom stereocenters. The Kier molecular flexibility index (Phi) is 6.26. The Bertz CT molecular complexity index is 847. The molecular formula is C21H23N3O4. The zero-order chi connectivity index (χ0) is 19.9. The highest BCUT2D eigenvalue weighted by Gasteiger charge is 2.35. The lowest BCUT2D eigenvalue weighted by atomic mass is 10.1. The first kappa shape index (κ1) is 19.4. The van der Waals surface area contributed by atoms with Crippen molar-refractivity contribution in [2.24, 2.45) is 11.0 Å². The fourth-order valence-corrected chi connectivity index (χ4v) is 2.97. The predicted octanol–water partition coefficient (Wildman–Crippen LogP) is 2.60. The van der Waals surface area contributed by atoms with Crippen LogP contribution in [0.1, 0.15) is 18.9 Å². The number of anilines is 1. The Morgan fingerprint density at radius 2 is 1.86 bits per heavy atom. The maximum Gasteiger partial charge on any atom is 0.245 e. The quantitative estimate of drug-likeness (QED) is 0.591. The molecule has 1 fully saturated rings. The Balaban J connectivity index is 1.56. The molecule has 2 aromatic rings. The van der Waals surface area contributed by atoms with Gasteiger partial charge in [-0.3, -0.25) is 9.59 Å². The summed E-state index contributed by atoms with van der Waals surface area (Å²) < 4.78 is 10.5. The summed E-state index contributed by atoms with van der Waals surface area (Å²) in [6.07, 6.45) is 1.72. The summed E-state index contributed by atoms with van der Waals surface area (Å²) in [5, 5.41) is 3.98. The van der Waals surface area contributed by atoms with E-state index in [1.54, 1.807) is 18.2 Å². The van der Waals surface area contributed by atoms with E-state index < -0.39 is 5.92 Å². The number of hydrogen-bond acceptors (Lipinski definition) is 5. The van der Waals surface area contributed by atoms with Gasteiger partial charge in [0, 0.05) is 18.7 Å². The molecule has 0 radical (unpaired) electrons. The predicted molar refractivity (Wildman–Crippen MR) is 107 cm³/mol. The highest BCUT2D eigenvalue weighted by atomic mass is 16.5. The third-order valence-corrected chi connectivity index (χ3v) is 4.46. The van der Waals surface area contributed by atoms with Crippen LogP contribution in [0.5, 0.6) is 11.5 Å². The van der Waals surface area contributed by atoms with Crippen molar-refractivity contribution in [2.45, 2.75) is 13.3 Å². The Labute approximate surface area is 163 Å². The number of carbonyl (C=O) groups excluding carboxylic acids is 2. The molecule has 146 valence electrons. The van der Waals surface area contributed by atoms with Crippen LogP contribution in [0.2, 0.25) is 0 Å². The number of carbonyl (C=O) groups is 2. The number of benzene rings is 2. The number of methoxy groups -OCH3 is 1. The van der Waals surface area contributed by atoms with Gasteiger partial charge in [0.15, 0.2) is 0 Å². The highest BCUT2D eigenvalue weighted by molar-refractivity contribution is 6.00. The van der Waals surface area contributed by atoms with Crippen molar-refractivity contribution in [3.8, 4) is 11.5 Å². The van der Waals surface area contributed by atoms with Gasteiger partial charge >= 0.3 is 0 Å². The van der Waals surface area contributed by atoms with Gasteiger partial charge in [-0.25, -0.2) is 5.43 Å². The summed E-state index contributed by atoms with van der Waals surface area (Å²) in [7, 11) is 1.60. The second kappa shape index (κ2) is 9.03. The van der Waals surface area contributed by atoms with Crippen molar-refractivity contribution in [3.05, 3.63) is 54.1 Å². The van der Waals surface area contributed by atoms with Gasteiger partial charge < -0.3 is 14.4 Å². The van der Waals surface area contributed by atoms with E-state index in [4.69, 9.17) is 9.47 Å². The van der Waals surface area contributed by atoms with Crippen LogP contribution in [0, 0.1) is 5.92 Å². The molecule has 1 aliphatic heterocycles. The van der Waals surface area contributed by atoms with Gasteiger partial charge in [-0.05, 0) is 61.0 Å². The number of rotatable bonds is 7. The molecule has 2 amide bonds. The molecule has 28 heavy (non-hydrogen) atoms. The summed E-state index contributed by atoms with van der Waals surface area (Å²) in [4.78, 5) is 26.3. The van der Waals surface area contributed by atoms with E-state index in [-0.39, 0.29) is 18.2 Å². The van der Waals surface area contributed by atoms with E-state index in [2.05, 4.69) is 10.5 Å². The first-order chi connectivity index (χ1) is 13.6. The van der Waals surface area contributed by atoms with Crippen molar-refractivity contribution in [2.75, 3.05) is 25.2 Å². The Morgan fingerprint density at radius 3 is 2.50 bits per heavy atom. The van der Waals surface area contributed by atoms with Crippen LogP contribution < -0.4 is 19.8 Å². The number of hydrogen-bond donors (Lipinski definition) is 1. The summed E-state index contributed by atoms with van der Waals surface area (Å²) in [5.74, 6) is 0.710. The lowest BCUT2D eigenvalue weighted by Gasteiger charge is -2.17. The maximum absolute atomic E-state index is 12.4. The largest absolute Gasteiger partial charge is 0.497 e. The minimum absolute atomic E-state index is 0.0801. The van der Waals surface area contributed by atoms with E-state index in [1.807, 2.05) is 55.5 Å². The SMILES string of the molecule is CCOc1ccc(N2CC(C(=O)NN=Cc3ccc(OC)cc3)CC2=O)cc1. The van der Waals surface area contributed by atoms with E-state index in [9.17, 15) is 9.59 Å². The standard InChI is InChI=1S/C21H23N3O4/c1-3-28-19-10-6-17(7-11-19)24-14-16(12-20(24)25)21(26)23-22-13-15-4-8-18(27-2)9-5-15/h4-11,13,16H,3,12,14H2,1-2H3,(H,23,26). The van der Waals surface area contributed by atoms with Gasteiger partial charge in [0.05, 0.1) is 25.8 Å². The molecule has 1 saturated heterocycles. The smallest absolute Gasteiger partial charge is 0.245 e. The molecule has 0 saturated carbocycles. The van der Waals surface area contributed by atoms with Gasteiger partial charge in [0.25, 0.3) is 0 Å². The van der Waals surface area contributed by atoms with E-state index in [0.29, 0.717) is 13.2 Å². The van der Waals surface area contributed by atoms with Gasteiger partial charge in [-0.15, -0.1) is 0 Å². The minimum Gasteiger partial charge on any atom is -0.497 e. The minimum atomic E-state index is -0.438. The third kappa shape index (κ3) is 4.68. The lowest BCUT2D eigenvalue weighted by Crippen LogP contribution is -2.30. The lowest BCUT2D eigenvalue weighted by molar-refractivity contribution is -0.126. The van der Waals surface area contributed by atoms with Crippen molar-refractivity contribution in [3.63, 3.8) is 0 Å². The fourth-order valence-electron chi connectivity index (χ4n) is 2.97. The summed E-state index contributed by atoms with van der Waals surface area (Å²) in [6, 6.07) is 14.6. The summed E-state index contributed by atoms with van der Waals surface area (Å²) >= 11 is 0. The first-order valence-electron chi connectivity index (χ1n) is 9.11. The molecule has 3 rings (SSSR count). The molecule has 0 bridgehead atoms. The summed E-state index contributed by atoms with van der Waals surface area (Å²) in [5.41, 5.74) is 4.11. The average Bonchev–Trinajstić information content (AvgIpc) is 3.11. The Morgan fingerprint density at radius 1 is 1.18 bits per heavy atom.